The maximum atomic E-state index is 12.5. The maximum absolute atomic E-state index is 12.5. The first-order chi connectivity index (χ1) is 20.8. The summed E-state index contributed by atoms with van der Waals surface area (Å²) in [4.78, 5) is 24.5. The lowest BCUT2D eigenvalue weighted by Gasteiger charge is -2.39. The molecule has 10 heteroatoms. The minimum atomic E-state index is -1.58. The van der Waals surface area contributed by atoms with Crippen LogP contribution in [0.3, 0.4) is 0 Å². The summed E-state index contributed by atoms with van der Waals surface area (Å²) in [5, 5.41) is 39.5. The van der Waals surface area contributed by atoms with E-state index < -0.39 is 55.4 Å². The quantitative estimate of drug-likeness (QED) is 0.0723. The van der Waals surface area contributed by atoms with Crippen LogP contribution in [0, 0.1) is 0 Å². The largest absolute Gasteiger partial charge is 0.462 e. The zero-order valence-corrected chi connectivity index (χ0v) is 27.0. The van der Waals surface area contributed by atoms with Gasteiger partial charge in [-0.3, -0.25) is 9.59 Å². The number of rotatable bonds is 27. The van der Waals surface area contributed by atoms with Crippen molar-refractivity contribution in [1.29, 1.82) is 0 Å². The molecular weight excluding hydrogens is 556 g/mol. The number of carbonyl (C=O) groups is 2. The summed E-state index contributed by atoms with van der Waals surface area (Å²) >= 11 is 0. The first-order valence-electron chi connectivity index (χ1n) is 17.1. The lowest BCUT2D eigenvalue weighted by atomic mass is 9.99. The Morgan fingerprint density at radius 2 is 1.12 bits per heavy atom. The second-order valence-electron chi connectivity index (χ2n) is 12.0. The first kappa shape index (κ1) is 39.7. The molecule has 6 unspecified atom stereocenters. The van der Waals surface area contributed by atoms with Gasteiger partial charge < -0.3 is 39.4 Å². The van der Waals surface area contributed by atoms with Crippen molar-refractivity contribution in [2.24, 2.45) is 0 Å². The predicted octanol–water partition coefficient (Wildman–Crippen LogP) is 5.10. The van der Waals surface area contributed by atoms with Gasteiger partial charge in [0.25, 0.3) is 0 Å². The van der Waals surface area contributed by atoms with Gasteiger partial charge in [-0.15, -0.1) is 0 Å². The average Bonchev–Trinajstić information content (AvgIpc) is 3.00. The molecule has 43 heavy (non-hydrogen) atoms. The molecule has 254 valence electrons. The molecule has 1 aliphatic rings. The van der Waals surface area contributed by atoms with Crippen molar-refractivity contribution < 1.29 is 49.0 Å². The Labute approximate surface area is 259 Å². The normalized spacial score (nSPS) is 22.8. The van der Waals surface area contributed by atoms with Gasteiger partial charge in [-0.05, 0) is 12.8 Å². The van der Waals surface area contributed by atoms with Crippen LogP contribution in [0.15, 0.2) is 0 Å². The van der Waals surface area contributed by atoms with Crippen LogP contribution in [-0.4, -0.2) is 89.0 Å². The molecule has 1 rings (SSSR count). The fraction of sp³-hybridized carbons (Fsp3) is 0.939. The fourth-order valence-electron chi connectivity index (χ4n) is 5.16. The van der Waals surface area contributed by atoms with Crippen molar-refractivity contribution in [3.63, 3.8) is 0 Å². The molecule has 0 aromatic heterocycles. The van der Waals surface area contributed by atoms with Crippen LogP contribution >= 0.6 is 0 Å². The molecule has 0 saturated carbocycles. The summed E-state index contributed by atoms with van der Waals surface area (Å²) in [7, 11) is 0. The third kappa shape index (κ3) is 19.0. The molecule has 4 N–H and O–H groups in total. The monoisotopic (exact) mass is 618 g/mol. The number of hydrogen-bond acceptors (Lipinski definition) is 10. The maximum Gasteiger partial charge on any atom is 0.306 e. The van der Waals surface area contributed by atoms with E-state index >= 15 is 0 Å². The van der Waals surface area contributed by atoms with E-state index in [1.165, 1.54) is 77.0 Å². The van der Waals surface area contributed by atoms with Crippen LogP contribution in [0.25, 0.3) is 0 Å². The molecule has 0 radical (unpaired) electrons. The second kappa shape index (κ2) is 26.0. The Balaban J connectivity index is 2.27. The fourth-order valence-corrected chi connectivity index (χ4v) is 5.16. The van der Waals surface area contributed by atoms with Crippen LogP contribution in [-0.2, 0) is 28.5 Å². The summed E-state index contributed by atoms with van der Waals surface area (Å²) in [5.74, 6) is -0.842. The average molecular weight is 619 g/mol. The third-order valence-electron chi connectivity index (χ3n) is 7.99. The lowest BCUT2D eigenvalue weighted by Crippen LogP contribution is -2.59. The number of unbranched alkanes of at least 4 members (excludes halogenated alkanes) is 16. The van der Waals surface area contributed by atoms with E-state index in [2.05, 4.69) is 6.92 Å². The van der Waals surface area contributed by atoms with Gasteiger partial charge in [-0.2, -0.15) is 0 Å². The highest BCUT2D eigenvalue weighted by molar-refractivity contribution is 5.70. The van der Waals surface area contributed by atoms with Crippen molar-refractivity contribution in [3.05, 3.63) is 0 Å². The Morgan fingerprint density at radius 3 is 1.63 bits per heavy atom. The van der Waals surface area contributed by atoms with Crippen LogP contribution in [0.5, 0.6) is 0 Å². The molecular formula is C33H62O10. The minimum Gasteiger partial charge on any atom is -0.462 e. The Kier molecular flexibility index (Phi) is 24.0. The van der Waals surface area contributed by atoms with Gasteiger partial charge in [0.15, 0.2) is 12.4 Å². The highest BCUT2D eigenvalue weighted by Crippen LogP contribution is 2.22. The number of hydrogen-bond donors (Lipinski definition) is 4. The molecule has 1 fully saturated rings. The van der Waals surface area contributed by atoms with Gasteiger partial charge in [0.2, 0.25) is 0 Å². The van der Waals surface area contributed by atoms with Crippen molar-refractivity contribution in [2.45, 2.75) is 179 Å². The van der Waals surface area contributed by atoms with E-state index in [1.807, 2.05) is 6.92 Å². The highest BCUT2D eigenvalue weighted by atomic mass is 16.7. The van der Waals surface area contributed by atoms with E-state index in [4.69, 9.17) is 18.9 Å². The summed E-state index contributed by atoms with van der Waals surface area (Å²) in [5.41, 5.74) is 0. The number of esters is 2. The van der Waals surface area contributed by atoms with Crippen molar-refractivity contribution >= 4 is 11.9 Å². The van der Waals surface area contributed by atoms with Crippen LogP contribution in [0.2, 0.25) is 0 Å². The smallest absolute Gasteiger partial charge is 0.306 e. The number of ether oxygens (including phenoxy) is 4. The number of aliphatic hydroxyl groups excluding tert-OH is 4. The van der Waals surface area contributed by atoms with Crippen molar-refractivity contribution in [3.8, 4) is 0 Å². The SMILES string of the molecule is CCCCCCCCCCCCCCCCCCC(=O)OC(COC(=O)CCCC)COC1OC(CO)C(O)C(O)C1O. The Hall–Kier alpha value is -1.30. The third-order valence-corrected chi connectivity index (χ3v) is 7.99. The van der Waals surface area contributed by atoms with Crippen LogP contribution < -0.4 is 0 Å². The summed E-state index contributed by atoms with van der Waals surface area (Å²) < 4.78 is 21.7. The van der Waals surface area contributed by atoms with Gasteiger partial charge in [0.05, 0.1) is 13.2 Å². The molecule has 1 saturated heterocycles. The summed E-state index contributed by atoms with van der Waals surface area (Å²) in [6.45, 7) is 3.15. The minimum absolute atomic E-state index is 0.218. The molecule has 10 nitrogen and oxygen atoms in total. The van der Waals surface area contributed by atoms with Crippen LogP contribution in [0.1, 0.15) is 142 Å². The predicted molar refractivity (Wildman–Crippen MR) is 164 cm³/mol. The van der Waals surface area contributed by atoms with Gasteiger partial charge >= 0.3 is 11.9 Å². The molecule has 0 aromatic carbocycles. The zero-order valence-electron chi connectivity index (χ0n) is 27.0. The number of carbonyl (C=O) groups excluding carboxylic acids is 2. The van der Waals surface area contributed by atoms with E-state index in [1.54, 1.807) is 0 Å². The molecule has 1 aliphatic heterocycles. The van der Waals surface area contributed by atoms with E-state index in [9.17, 15) is 30.0 Å². The molecule has 0 aliphatic carbocycles. The Bertz CT molecular complexity index is 689. The highest BCUT2D eigenvalue weighted by Gasteiger charge is 2.44. The number of aliphatic hydroxyl groups is 4. The van der Waals surface area contributed by atoms with Gasteiger partial charge in [-0.1, -0.05) is 117 Å². The first-order valence-corrected chi connectivity index (χ1v) is 17.1. The van der Waals surface area contributed by atoms with Crippen molar-refractivity contribution in [1.82, 2.24) is 0 Å². The lowest BCUT2D eigenvalue weighted by molar-refractivity contribution is -0.305. The summed E-state index contributed by atoms with van der Waals surface area (Å²) in [6.07, 6.45) is 13.9. The van der Waals surface area contributed by atoms with Crippen molar-refractivity contribution in [2.75, 3.05) is 19.8 Å². The molecule has 1 heterocycles. The van der Waals surface area contributed by atoms with E-state index in [0.29, 0.717) is 12.8 Å². The molecule has 0 spiro atoms. The Morgan fingerprint density at radius 1 is 0.628 bits per heavy atom. The second-order valence-corrected chi connectivity index (χ2v) is 12.0. The van der Waals surface area contributed by atoms with Gasteiger partial charge in [0, 0.05) is 12.8 Å². The van der Waals surface area contributed by atoms with E-state index in [0.717, 1.165) is 25.7 Å². The van der Waals surface area contributed by atoms with Gasteiger partial charge in [-0.25, -0.2) is 0 Å². The van der Waals surface area contributed by atoms with Crippen LogP contribution in [0.4, 0.5) is 0 Å². The summed E-state index contributed by atoms with van der Waals surface area (Å²) in [6, 6.07) is 0. The zero-order chi connectivity index (χ0) is 31.7. The molecule has 0 bridgehead atoms. The van der Waals surface area contributed by atoms with E-state index in [-0.39, 0.29) is 26.1 Å². The standard InChI is InChI=1S/C33H62O10/c1-3-5-7-8-9-10-11-12-13-14-15-16-17-18-19-20-22-29(36)42-26(24-40-28(35)21-6-4-2)25-41-33-32(39)31(38)30(37)27(23-34)43-33/h26-27,30-34,37-39H,3-25H2,1-2H3. The van der Waals surface area contributed by atoms with Gasteiger partial charge in [0.1, 0.15) is 31.0 Å². The molecule has 0 aromatic rings. The molecule has 0 amide bonds. The topological polar surface area (TPSA) is 152 Å². The molecule has 6 atom stereocenters.